The number of esters is 1. The van der Waals surface area contributed by atoms with Crippen LogP contribution < -0.4 is 5.73 Å². The molecule has 4 rings (SSSR count). The molecule has 2 aromatic rings. The first-order valence-corrected chi connectivity index (χ1v) is 12.1. The van der Waals surface area contributed by atoms with Gasteiger partial charge in [0.15, 0.2) is 11.5 Å². The summed E-state index contributed by atoms with van der Waals surface area (Å²) in [7, 11) is -3.79. The Hall–Kier alpha value is -1.82. The van der Waals surface area contributed by atoms with Gasteiger partial charge in [0.05, 0.1) is 31.6 Å². The van der Waals surface area contributed by atoms with E-state index in [1.165, 1.54) is 6.33 Å². The van der Waals surface area contributed by atoms with Crippen LogP contribution in [0, 0.1) is 5.92 Å². The highest BCUT2D eigenvalue weighted by molar-refractivity contribution is 7.48. The number of aromatic nitrogens is 4. The Morgan fingerprint density at radius 3 is 2.91 bits per heavy atom. The third-order valence-electron chi connectivity index (χ3n) is 5.13. The lowest BCUT2D eigenvalue weighted by Gasteiger charge is -2.30. The standard InChI is InChI=1S/C18H25ClN5O7P/c1-9(2)29-17(25)10(3)4-5-27-32(26)28-7-12-11(31-32)6-13(30-12)24-8-21-14-15(20)22-18(19)23-16(14)24/h8-13H,4-7H2,1-3H3,(H2,20,22,23)/t10-,11-,12+,13+,32-/m0/s1. The van der Waals surface area contributed by atoms with E-state index >= 15 is 0 Å². The maximum Gasteiger partial charge on any atom is 0.475 e. The number of fused-ring (bicyclic) bond motifs is 2. The topological polar surface area (TPSA) is 150 Å². The van der Waals surface area contributed by atoms with Crippen molar-refractivity contribution >= 4 is 42.4 Å². The van der Waals surface area contributed by atoms with Gasteiger partial charge in [0.1, 0.15) is 24.0 Å². The van der Waals surface area contributed by atoms with Gasteiger partial charge in [0.2, 0.25) is 5.28 Å². The quantitative estimate of drug-likeness (QED) is 0.347. The molecule has 0 bridgehead atoms. The van der Waals surface area contributed by atoms with Gasteiger partial charge in [0.25, 0.3) is 0 Å². The third-order valence-corrected chi connectivity index (χ3v) is 6.79. The minimum atomic E-state index is -3.79. The maximum atomic E-state index is 12.9. The van der Waals surface area contributed by atoms with Crippen LogP contribution in [-0.4, -0.2) is 57.0 Å². The molecule has 0 amide bonds. The Morgan fingerprint density at radius 2 is 2.16 bits per heavy atom. The summed E-state index contributed by atoms with van der Waals surface area (Å²) >= 11 is 5.92. The number of hydrogen-bond acceptors (Lipinski definition) is 11. The lowest BCUT2D eigenvalue weighted by molar-refractivity contribution is -0.152. The molecule has 0 aliphatic carbocycles. The van der Waals surface area contributed by atoms with Gasteiger partial charge in [-0.15, -0.1) is 0 Å². The Morgan fingerprint density at radius 1 is 1.38 bits per heavy atom. The van der Waals surface area contributed by atoms with Crippen molar-refractivity contribution in [2.45, 2.75) is 58.2 Å². The number of nitrogens with zero attached hydrogens (tertiary/aromatic N) is 4. The lowest BCUT2D eigenvalue weighted by atomic mass is 10.1. The number of carbonyl (C=O) groups excluding carboxylic acids is 1. The molecule has 2 saturated heterocycles. The molecule has 176 valence electrons. The molecule has 14 heteroatoms. The fourth-order valence-corrected chi connectivity index (χ4v) is 5.07. The summed E-state index contributed by atoms with van der Waals surface area (Å²) in [5.74, 6) is -0.578. The Kier molecular flexibility index (Phi) is 6.71. The molecular formula is C18H25ClN5O7P. The predicted molar refractivity (Wildman–Crippen MR) is 113 cm³/mol. The van der Waals surface area contributed by atoms with E-state index in [1.807, 2.05) is 0 Å². The van der Waals surface area contributed by atoms with Gasteiger partial charge in [0, 0.05) is 6.42 Å². The van der Waals surface area contributed by atoms with Crippen LogP contribution in [0.25, 0.3) is 11.2 Å². The lowest BCUT2D eigenvalue weighted by Crippen LogP contribution is -2.33. The zero-order chi connectivity index (χ0) is 23.0. The van der Waals surface area contributed by atoms with E-state index in [0.29, 0.717) is 24.0 Å². The van der Waals surface area contributed by atoms with Gasteiger partial charge in [-0.3, -0.25) is 22.9 Å². The molecule has 2 aromatic heterocycles. The van der Waals surface area contributed by atoms with Crippen molar-refractivity contribution in [1.82, 2.24) is 19.5 Å². The number of imidazole rings is 1. The van der Waals surface area contributed by atoms with E-state index < -0.39 is 32.2 Å². The molecular weight excluding hydrogens is 465 g/mol. The minimum Gasteiger partial charge on any atom is -0.463 e. The Labute approximate surface area is 189 Å². The van der Waals surface area contributed by atoms with Gasteiger partial charge >= 0.3 is 13.8 Å². The maximum absolute atomic E-state index is 12.9. The van der Waals surface area contributed by atoms with Crippen LogP contribution >= 0.6 is 19.4 Å². The van der Waals surface area contributed by atoms with Crippen LogP contribution in [0.5, 0.6) is 0 Å². The first-order valence-electron chi connectivity index (χ1n) is 10.2. The number of hydrogen-bond donors (Lipinski definition) is 1. The van der Waals surface area contributed by atoms with Crippen LogP contribution in [0.1, 0.15) is 39.8 Å². The van der Waals surface area contributed by atoms with Crippen molar-refractivity contribution in [3.8, 4) is 0 Å². The van der Waals surface area contributed by atoms with E-state index in [2.05, 4.69) is 15.0 Å². The Balaban J connectivity index is 1.36. The SMILES string of the molecule is CC(C)OC(=O)[C@@H](C)CCO[P@@]1(=O)OC[C@H]2O[C@@H](n3cnc4c(N)nc(Cl)nc43)C[C@@H]2O1. The van der Waals surface area contributed by atoms with Crippen molar-refractivity contribution in [2.24, 2.45) is 5.92 Å². The van der Waals surface area contributed by atoms with Crippen LogP contribution in [0.15, 0.2) is 6.33 Å². The number of ether oxygens (including phenoxy) is 2. The molecule has 0 spiro atoms. The van der Waals surface area contributed by atoms with Crippen molar-refractivity contribution in [1.29, 1.82) is 0 Å². The highest BCUT2D eigenvalue weighted by Crippen LogP contribution is 2.56. The molecule has 5 atom stereocenters. The smallest absolute Gasteiger partial charge is 0.463 e. The number of halogens is 1. The van der Waals surface area contributed by atoms with Crippen LogP contribution in [0.4, 0.5) is 5.82 Å². The van der Waals surface area contributed by atoms with E-state index in [9.17, 15) is 9.36 Å². The second-order valence-corrected chi connectivity index (χ2v) is 9.92. The molecule has 2 N–H and O–H groups in total. The number of rotatable bonds is 7. The number of phosphoric ester groups is 1. The summed E-state index contributed by atoms with van der Waals surface area (Å²) in [5.41, 5.74) is 6.68. The van der Waals surface area contributed by atoms with Crippen molar-refractivity contribution in [3.63, 3.8) is 0 Å². The van der Waals surface area contributed by atoms with E-state index in [1.54, 1.807) is 25.3 Å². The zero-order valence-corrected chi connectivity index (χ0v) is 19.5. The molecule has 2 aliphatic heterocycles. The summed E-state index contributed by atoms with van der Waals surface area (Å²) in [6.07, 6.45) is 0.550. The largest absolute Gasteiger partial charge is 0.475 e. The van der Waals surface area contributed by atoms with Gasteiger partial charge in [-0.25, -0.2) is 9.55 Å². The van der Waals surface area contributed by atoms with Crippen molar-refractivity contribution < 1.29 is 32.4 Å². The van der Waals surface area contributed by atoms with Crippen LogP contribution in [-0.2, 0) is 32.4 Å². The number of nitrogens with two attached hydrogens (primary N) is 1. The fourth-order valence-electron chi connectivity index (χ4n) is 3.49. The van der Waals surface area contributed by atoms with E-state index in [0.717, 1.165) is 0 Å². The zero-order valence-electron chi connectivity index (χ0n) is 17.8. The van der Waals surface area contributed by atoms with E-state index in [-0.39, 0.29) is 36.4 Å². The summed E-state index contributed by atoms with van der Waals surface area (Å²) < 4.78 is 42.1. The first kappa shape index (κ1) is 23.3. The summed E-state index contributed by atoms with van der Waals surface area (Å²) in [6.45, 7) is 5.33. The number of phosphoric acid groups is 1. The summed E-state index contributed by atoms with van der Waals surface area (Å²) in [4.78, 5) is 24.2. The molecule has 0 unspecified atom stereocenters. The van der Waals surface area contributed by atoms with E-state index in [4.69, 9.17) is 40.4 Å². The van der Waals surface area contributed by atoms with Gasteiger partial charge < -0.3 is 15.2 Å². The van der Waals surface area contributed by atoms with Crippen molar-refractivity contribution in [2.75, 3.05) is 18.9 Å². The molecule has 0 aromatic carbocycles. The monoisotopic (exact) mass is 489 g/mol. The average Bonchev–Trinajstić information content (AvgIpc) is 3.30. The third kappa shape index (κ3) is 4.90. The molecule has 0 radical (unpaired) electrons. The molecule has 0 saturated carbocycles. The summed E-state index contributed by atoms with van der Waals surface area (Å²) in [5, 5.41) is -0.00356. The second kappa shape index (κ2) is 9.20. The highest BCUT2D eigenvalue weighted by Gasteiger charge is 2.48. The normalized spacial score (nSPS) is 28.7. The number of anilines is 1. The van der Waals surface area contributed by atoms with Crippen molar-refractivity contribution in [3.05, 3.63) is 11.6 Å². The Bertz CT molecular complexity index is 1050. The van der Waals surface area contributed by atoms with Crippen LogP contribution in [0.3, 0.4) is 0 Å². The van der Waals surface area contributed by atoms with Crippen LogP contribution in [0.2, 0.25) is 5.28 Å². The average molecular weight is 490 g/mol. The van der Waals surface area contributed by atoms with Gasteiger partial charge in [-0.2, -0.15) is 9.97 Å². The minimum absolute atomic E-state index is 0.00356. The van der Waals surface area contributed by atoms with Gasteiger partial charge in [-0.05, 0) is 31.9 Å². The highest BCUT2D eigenvalue weighted by atomic mass is 35.5. The first-order chi connectivity index (χ1) is 15.1. The number of carbonyl (C=O) groups is 1. The molecule has 2 aliphatic rings. The summed E-state index contributed by atoms with van der Waals surface area (Å²) in [6, 6.07) is 0. The molecule has 32 heavy (non-hydrogen) atoms. The molecule has 12 nitrogen and oxygen atoms in total. The predicted octanol–water partition coefficient (Wildman–Crippen LogP) is 2.87. The second-order valence-electron chi connectivity index (χ2n) is 7.96. The number of nitrogen functional groups attached to an aromatic ring is 1. The molecule has 4 heterocycles. The molecule has 2 fully saturated rings. The van der Waals surface area contributed by atoms with Gasteiger partial charge in [-0.1, -0.05) is 6.92 Å². The fraction of sp³-hybridized carbons (Fsp3) is 0.667.